The second kappa shape index (κ2) is 7.31. The molecule has 1 atom stereocenters. The number of nitro groups is 1. The SMILES string of the molecule is CCC(O)=C(C(=O)OCc1ccc([N+](=O)[O-])cc1)N1C(=O)CC1Cl. The van der Waals surface area contributed by atoms with Crippen molar-refractivity contribution in [2.45, 2.75) is 31.9 Å². The van der Waals surface area contributed by atoms with Crippen LogP contribution in [0, 0.1) is 10.1 Å². The summed E-state index contributed by atoms with van der Waals surface area (Å²) in [5, 5.41) is 20.5. The fourth-order valence-electron chi connectivity index (χ4n) is 2.10. The summed E-state index contributed by atoms with van der Waals surface area (Å²) in [5.74, 6) is -1.55. The van der Waals surface area contributed by atoms with E-state index in [0.717, 1.165) is 4.90 Å². The van der Waals surface area contributed by atoms with Crippen LogP contribution in [0.3, 0.4) is 0 Å². The molecule has 8 nitrogen and oxygen atoms in total. The number of aliphatic hydroxyl groups is 1. The van der Waals surface area contributed by atoms with Gasteiger partial charge in [-0.15, -0.1) is 0 Å². The number of esters is 1. The van der Waals surface area contributed by atoms with E-state index in [4.69, 9.17) is 16.3 Å². The van der Waals surface area contributed by atoms with E-state index >= 15 is 0 Å². The lowest BCUT2D eigenvalue weighted by Gasteiger charge is -2.36. The summed E-state index contributed by atoms with van der Waals surface area (Å²) in [7, 11) is 0. The number of carbonyl (C=O) groups excluding carboxylic acids is 2. The third-order valence-electron chi connectivity index (χ3n) is 3.45. The molecule has 1 unspecified atom stereocenters. The quantitative estimate of drug-likeness (QED) is 0.123. The standard InChI is InChI=1S/C15H15ClN2O6/c1-2-11(19)14(17-12(16)7-13(17)20)15(21)24-8-9-3-5-10(6-4-9)18(22)23/h3-6,12,19H,2,7-8H2,1H3. The summed E-state index contributed by atoms with van der Waals surface area (Å²) in [4.78, 5) is 34.9. The van der Waals surface area contributed by atoms with Crippen LogP contribution in [0.4, 0.5) is 5.69 Å². The highest BCUT2D eigenvalue weighted by atomic mass is 35.5. The van der Waals surface area contributed by atoms with Crippen molar-refractivity contribution in [3.8, 4) is 0 Å². The van der Waals surface area contributed by atoms with E-state index in [1.165, 1.54) is 24.3 Å². The number of halogens is 1. The normalized spacial score (nSPS) is 17.8. The molecule has 1 aromatic carbocycles. The molecule has 1 fully saturated rings. The molecule has 9 heteroatoms. The number of hydrogen-bond donors (Lipinski definition) is 1. The molecule has 1 aliphatic rings. The van der Waals surface area contributed by atoms with Crippen molar-refractivity contribution in [1.29, 1.82) is 0 Å². The molecule has 1 N–H and O–H groups in total. The molecule has 2 rings (SSSR count). The van der Waals surface area contributed by atoms with Gasteiger partial charge in [-0.05, 0) is 17.7 Å². The predicted molar refractivity (Wildman–Crippen MR) is 83.9 cm³/mol. The Morgan fingerprint density at radius 1 is 1.46 bits per heavy atom. The number of likely N-dealkylation sites (tertiary alicyclic amines) is 1. The maximum Gasteiger partial charge on any atom is 0.358 e. The van der Waals surface area contributed by atoms with Gasteiger partial charge in [0.1, 0.15) is 17.9 Å². The number of non-ortho nitro benzene ring substituents is 1. The predicted octanol–water partition coefficient (Wildman–Crippen LogP) is 2.61. The van der Waals surface area contributed by atoms with Crippen molar-refractivity contribution < 1.29 is 24.4 Å². The number of carbonyl (C=O) groups is 2. The number of alkyl halides is 1. The molecule has 1 saturated heterocycles. The number of amides is 1. The summed E-state index contributed by atoms with van der Waals surface area (Å²) >= 11 is 5.90. The van der Waals surface area contributed by atoms with E-state index in [-0.39, 0.29) is 42.5 Å². The monoisotopic (exact) mass is 354 g/mol. The van der Waals surface area contributed by atoms with Gasteiger partial charge in [0.2, 0.25) is 5.91 Å². The van der Waals surface area contributed by atoms with E-state index < -0.39 is 16.4 Å². The molecule has 0 aromatic heterocycles. The minimum absolute atomic E-state index is 0.0783. The first-order valence-corrected chi connectivity index (χ1v) is 7.57. The van der Waals surface area contributed by atoms with Gasteiger partial charge in [-0.25, -0.2) is 4.79 Å². The van der Waals surface area contributed by atoms with Crippen molar-refractivity contribution in [3.63, 3.8) is 0 Å². The number of rotatable bonds is 6. The Balaban J connectivity index is 2.08. The molecule has 0 spiro atoms. The maximum atomic E-state index is 12.2. The lowest BCUT2D eigenvalue weighted by Crippen LogP contribution is -2.50. The van der Waals surface area contributed by atoms with Crippen LogP contribution in [0.25, 0.3) is 0 Å². The van der Waals surface area contributed by atoms with Gasteiger partial charge in [0.05, 0.1) is 11.3 Å². The number of ether oxygens (including phenoxy) is 1. The molecular weight excluding hydrogens is 340 g/mol. The minimum atomic E-state index is -0.883. The van der Waals surface area contributed by atoms with Crippen LogP contribution in [0.1, 0.15) is 25.3 Å². The van der Waals surface area contributed by atoms with Gasteiger partial charge < -0.3 is 9.84 Å². The topological polar surface area (TPSA) is 110 Å². The maximum absolute atomic E-state index is 12.2. The summed E-state index contributed by atoms with van der Waals surface area (Å²) < 4.78 is 5.09. The number of benzene rings is 1. The second-order valence-corrected chi connectivity index (χ2v) is 5.55. The largest absolute Gasteiger partial charge is 0.510 e. The van der Waals surface area contributed by atoms with Gasteiger partial charge in [-0.3, -0.25) is 19.8 Å². The van der Waals surface area contributed by atoms with Crippen LogP contribution in [0.2, 0.25) is 0 Å². The highest BCUT2D eigenvalue weighted by Gasteiger charge is 2.41. The Bertz CT molecular complexity index is 700. The number of nitro benzene ring substituents is 1. The lowest BCUT2D eigenvalue weighted by atomic mass is 10.1. The lowest BCUT2D eigenvalue weighted by molar-refractivity contribution is -0.384. The van der Waals surface area contributed by atoms with Crippen molar-refractivity contribution in [1.82, 2.24) is 4.90 Å². The van der Waals surface area contributed by atoms with Crippen molar-refractivity contribution in [2.24, 2.45) is 0 Å². The van der Waals surface area contributed by atoms with E-state index in [1.807, 2.05) is 0 Å². The van der Waals surface area contributed by atoms with Crippen molar-refractivity contribution in [2.75, 3.05) is 0 Å². The summed E-state index contributed by atoms with van der Waals surface area (Å²) in [6.45, 7) is 1.46. The third kappa shape index (κ3) is 3.65. The van der Waals surface area contributed by atoms with Crippen molar-refractivity contribution >= 4 is 29.2 Å². The Labute approximate surface area is 142 Å². The smallest absolute Gasteiger partial charge is 0.358 e. The molecule has 1 amide bonds. The third-order valence-corrected chi connectivity index (χ3v) is 3.80. The fourth-order valence-corrected chi connectivity index (χ4v) is 2.43. The molecule has 0 saturated carbocycles. The van der Waals surface area contributed by atoms with E-state index in [9.17, 15) is 24.8 Å². The Morgan fingerprint density at radius 2 is 2.08 bits per heavy atom. The Hall–Kier alpha value is -2.61. The van der Waals surface area contributed by atoms with Gasteiger partial charge >= 0.3 is 5.97 Å². The average Bonchev–Trinajstić information content (AvgIpc) is 2.57. The highest BCUT2D eigenvalue weighted by molar-refractivity contribution is 6.25. The number of aliphatic hydroxyl groups excluding tert-OH is 1. The number of β-lactam (4-membered cyclic amide) rings is 1. The molecule has 128 valence electrons. The molecule has 24 heavy (non-hydrogen) atoms. The fraction of sp³-hybridized carbons (Fsp3) is 0.333. The molecule has 0 bridgehead atoms. The number of allylic oxidation sites excluding steroid dienone is 1. The van der Waals surface area contributed by atoms with Gasteiger partial charge in [0.15, 0.2) is 5.70 Å². The molecule has 1 heterocycles. The zero-order valence-electron chi connectivity index (χ0n) is 12.8. The number of hydrogen-bond acceptors (Lipinski definition) is 6. The molecule has 0 radical (unpaired) electrons. The highest BCUT2D eigenvalue weighted by Crippen LogP contribution is 2.30. The summed E-state index contributed by atoms with van der Waals surface area (Å²) in [6, 6.07) is 5.48. The summed E-state index contributed by atoms with van der Waals surface area (Å²) in [6.07, 6.45) is 0.215. The molecule has 1 aromatic rings. The Kier molecular flexibility index (Phi) is 5.40. The second-order valence-electron chi connectivity index (χ2n) is 5.05. The van der Waals surface area contributed by atoms with Crippen LogP contribution in [0.15, 0.2) is 35.7 Å². The zero-order valence-corrected chi connectivity index (χ0v) is 13.5. The summed E-state index contributed by atoms with van der Waals surface area (Å²) in [5.41, 5.74) is -0.518. The average molecular weight is 355 g/mol. The molecular formula is C15H15ClN2O6. The zero-order chi connectivity index (χ0) is 17.9. The van der Waals surface area contributed by atoms with Crippen LogP contribution >= 0.6 is 11.6 Å². The van der Waals surface area contributed by atoms with Crippen LogP contribution in [0.5, 0.6) is 0 Å². The van der Waals surface area contributed by atoms with Gasteiger partial charge in [0, 0.05) is 18.6 Å². The molecule has 1 aliphatic heterocycles. The van der Waals surface area contributed by atoms with Gasteiger partial charge in [-0.2, -0.15) is 0 Å². The first-order chi connectivity index (χ1) is 11.3. The van der Waals surface area contributed by atoms with E-state index in [1.54, 1.807) is 6.92 Å². The van der Waals surface area contributed by atoms with Crippen LogP contribution in [-0.4, -0.2) is 32.3 Å². The Morgan fingerprint density at radius 3 is 2.54 bits per heavy atom. The van der Waals surface area contributed by atoms with E-state index in [2.05, 4.69) is 0 Å². The van der Waals surface area contributed by atoms with Crippen molar-refractivity contribution in [3.05, 3.63) is 51.4 Å². The van der Waals surface area contributed by atoms with Crippen LogP contribution < -0.4 is 0 Å². The van der Waals surface area contributed by atoms with Gasteiger partial charge in [-0.1, -0.05) is 18.5 Å². The first-order valence-electron chi connectivity index (χ1n) is 7.13. The first kappa shape index (κ1) is 17.7. The minimum Gasteiger partial charge on any atom is -0.510 e. The van der Waals surface area contributed by atoms with Gasteiger partial charge in [0.25, 0.3) is 5.69 Å². The molecule has 0 aliphatic carbocycles. The van der Waals surface area contributed by atoms with E-state index in [0.29, 0.717) is 5.56 Å². The van der Waals surface area contributed by atoms with Crippen LogP contribution in [-0.2, 0) is 20.9 Å². The number of nitrogens with zero attached hydrogens (tertiary/aromatic N) is 2.